The van der Waals surface area contributed by atoms with Crippen LogP contribution in [0.3, 0.4) is 0 Å². The Bertz CT molecular complexity index is 703. The molecule has 122 valence electrons. The molecular formula is C19H24N2O2. The van der Waals surface area contributed by atoms with Gasteiger partial charge in [-0.15, -0.1) is 0 Å². The molecule has 1 aliphatic heterocycles. The molecule has 1 aliphatic rings. The van der Waals surface area contributed by atoms with Crippen LogP contribution < -0.4 is 10.1 Å². The highest BCUT2D eigenvalue weighted by atomic mass is 16.5. The van der Waals surface area contributed by atoms with Gasteiger partial charge in [-0.2, -0.15) is 0 Å². The molecule has 1 amide bonds. The fourth-order valence-electron chi connectivity index (χ4n) is 2.22. The Balaban J connectivity index is 0.000000924. The van der Waals surface area contributed by atoms with Crippen LogP contribution in [-0.2, 0) is 11.4 Å². The van der Waals surface area contributed by atoms with Gasteiger partial charge in [0.1, 0.15) is 12.4 Å². The summed E-state index contributed by atoms with van der Waals surface area (Å²) in [6.45, 7) is 10.2. The molecule has 2 aromatic rings. The number of nitrogens with zero attached hydrogens (tertiary/aromatic N) is 1. The van der Waals surface area contributed by atoms with E-state index in [9.17, 15) is 4.79 Å². The van der Waals surface area contributed by atoms with Crippen LogP contribution in [0, 0.1) is 5.41 Å². The number of hydrogen-bond donors (Lipinski definition) is 1. The third-order valence-electron chi connectivity index (χ3n) is 3.50. The lowest BCUT2D eigenvalue weighted by Crippen LogP contribution is -2.27. The standard InChI is InChI=1S/C17H18N2O2.C2H6/c1-17(2,3)16(20)19-12-4-5-14-13-6-7-18-9-11(13)10-21-15(14)8-12;1-2/h4-9H,10H2,1-3H3,(H,19,20);1-2H3. The summed E-state index contributed by atoms with van der Waals surface area (Å²) in [6, 6.07) is 7.75. The maximum Gasteiger partial charge on any atom is 0.229 e. The van der Waals surface area contributed by atoms with Gasteiger partial charge in [-0.3, -0.25) is 9.78 Å². The third-order valence-corrected chi connectivity index (χ3v) is 3.50. The minimum absolute atomic E-state index is 0.0112. The number of ether oxygens (including phenoxy) is 1. The van der Waals surface area contributed by atoms with Crippen molar-refractivity contribution in [2.75, 3.05) is 5.32 Å². The van der Waals surface area contributed by atoms with Gasteiger partial charge in [-0.05, 0) is 23.8 Å². The van der Waals surface area contributed by atoms with Crippen LogP contribution in [0.25, 0.3) is 11.1 Å². The topological polar surface area (TPSA) is 51.2 Å². The van der Waals surface area contributed by atoms with Crippen LogP contribution >= 0.6 is 0 Å². The van der Waals surface area contributed by atoms with Crippen molar-refractivity contribution < 1.29 is 9.53 Å². The van der Waals surface area contributed by atoms with Gasteiger partial charge in [-0.25, -0.2) is 0 Å². The molecular weight excluding hydrogens is 288 g/mol. The molecule has 4 nitrogen and oxygen atoms in total. The third kappa shape index (κ3) is 3.70. The van der Waals surface area contributed by atoms with Crippen molar-refractivity contribution in [2.24, 2.45) is 5.41 Å². The molecule has 1 aromatic carbocycles. The molecule has 0 spiro atoms. The van der Waals surface area contributed by atoms with E-state index in [1.807, 2.05) is 65.1 Å². The Labute approximate surface area is 137 Å². The van der Waals surface area contributed by atoms with E-state index in [2.05, 4.69) is 10.3 Å². The van der Waals surface area contributed by atoms with E-state index < -0.39 is 5.41 Å². The fraction of sp³-hybridized carbons (Fsp3) is 0.368. The molecule has 0 unspecified atom stereocenters. The highest BCUT2D eigenvalue weighted by molar-refractivity contribution is 5.95. The van der Waals surface area contributed by atoms with Crippen LogP contribution in [0.15, 0.2) is 36.7 Å². The van der Waals surface area contributed by atoms with E-state index in [0.29, 0.717) is 6.61 Å². The number of carbonyl (C=O) groups excluding carboxylic acids is 1. The van der Waals surface area contributed by atoms with Crippen LogP contribution in [0.5, 0.6) is 5.75 Å². The molecule has 0 fully saturated rings. The van der Waals surface area contributed by atoms with Crippen LogP contribution in [0.2, 0.25) is 0 Å². The van der Waals surface area contributed by atoms with E-state index in [4.69, 9.17) is 4.74 Å². The first-order valence-corrected chi connectivity index (χ1v) is 7.97. The zero-order valence-corrected chi connectivity index (χ0v) is 14.4. The summed E-state index contributed by atoms with van der Waals surface area (Å²) in [5.74, 6) is 0.781. The molecule has 2 heterocycles. The summed E-state index contributed by atoms with van der Waals surface area (Å²) in [5, 5.41) is 2.92. The first-order chi connectivity index (χ1) is 10.9. The van der Waals surface area contributed by atoms with Gasteiger partial charge in [0.25, 0.3) is 0 Å². The quantitative estimate of drug-likeness (QED) is 0.833. The summed E-state index contributed by atoms with van der Waals surface area (Å²) in [5.41, 5.74) is 3.59. The summed E-state index contributed by atoms with van der Waals surface area (Å²) in [7, 11) is 0. The lowest BCUT2D eigenvalue weighted by atomic mass is 9.95. The number of aromatic nitrogens is 1. The van der Waals surface area contributed by atoms with Crippen molar-refractivity contribution in [3.63, 3.8) is 0 Å². The number of carbonyl (C=O) groups is 1. The van der Waals surface area contributed by atoms with Crippen LogP contribution in [-0.4, -0.2) is 10.9 Å². The van der Waals surface area contributed by atoms with E-state index in [1.165, 1.54) is 0 Å². The predicted octanol–water partition coefficient (Wildman–Crippen LogP) is 4.65. The maximum atomic E-state index is 12.0. The monoisotopic (exact) mass is 312 g/mol. The Hall–Kier alpha value is -2.36. The van der Waals surface area contributed by atoms with Gasteiger partial charge in [-0.1, -0.05) is 34.6 Å². The lowest BCUT2D eigenvalue weighted by Gasteiger charge is -2.22. The largest absolute Gasteiger partial charge is 0.488 e. The molecule has 0 atom stereocenters. The van der Waals surface area contributed by atoms with Gasteiger partial charge in [0.15, 0.2) is 0 Å². The van der Waals surface area contributed by atoms with E-state index in [1.54, 1.807) is 6.20 Å². The van der Waals surface area contributed by atoms with Crippen LogP contribution in [0.4, 0.5) is 5.69 Å². The second kappa shape index (κ2) is 6.82. The van der Waals surface area contributed by atoms with Crippen molar-refractivity contribution in [1.82, 2.24) is 4.98 Å². The van der Waals surface area contributed by atoms with E-state index in [0.717, 1.165) is 28.1 Å². The average Bonchev–Trinajstić information content (AvgIpc) is 2.55. The number of benzene rings is 1. The highest BCUT2D eigenvalue weighted by Crippen LogP contribution is 2.38. The first-order valence-electron chi connectivity index (χ1n) is 7.97. The summed E-state index contributed by atoms with van der Waals surface area (Å²) in [6.07, 6.45) is 3.61. The first kappa shape index (κ1) is 17.0. The molecule has 0 bridgehead atoms. The number of anilines is 1. The Morgan fingerprint density at radius 3 is 2.61 bits per heavy atom. The molecule has 0 aliphatic carbocycles. The molecule has 0 saturated heterocycles. The molecule has 4 heteroatoms. The normalized spacial score (nSPS) is 12.0. The van der Waals surface area contributed by atoms with Gasteiger partial charge >= 0.3 is 0 Å². The Kier molecular flexibility index (Phi) is 5.04. The minimum Gasteiger partial charge on any atom is -0.488 e. The molecule has 1 N–H and O–H groups in total. The highest BCUT2D eigenvalue weighted by Gasteiger charge is 2.22. The zero-order chi connectivity index (χ0) is 17.0. The van der Waals surface area contributed by atoms with E-state index in [-0.39, 0.29) is 5.91 Å². The van der Waals surface area contributed by atoms with Gasteiger partial charge in [0, 0.05) is 40.7 Å². The van der Waals surface area contributed by atoms with Crippen molar-refractivity contribution >= 4 is 11.6 Å². The second-order valence-corrected chi connectivity index (χ2v) is 6.24. The second-order valence-electron chi connectivity index (χ2n) is 6.24. The molecule has 0 radical (unpaired) electrons. The van der Waals surface area contributed by atoms with Crippen molar-refractivity contribution in [1.29, 1.82) is 0 Å². The number of nitrogens with one attached hydrogen (secondary N) is 1. The SMILES string of the molecule is CC.CC(C)(C)C(=O)Nc1ccc2c(c1)OCc1cnccc1-2. The average molecular weight is 312 g/mol. The summed E-state index contributed by atoms with van der Waals surface area (Å²) in [4.78, 5) is 16.2. The van der Waals surface area contributed by atoms with Crippen molar-refractivity contribution in [3.05, 3.63) is 42.2 Å². The molecule has 0 saturated carbocycles. The number of amides is 1. The fourth-order valence-corrected chi connectivity index (χ4v) is 2.22. The Morgan fingerprint density at radius 1 is 1.17 bits per heavy atom. The van der Waals surface area contributed by atoms with E-state index >= 15 is 0 Å². The molecule has 23 heavy (non-hydrogen) atoms. The Morgan fingerprint density at radius 2 is 1.91 bits per heavy atom. The number of rotatable bonds is 1. The van der Waals surface area contributed by atoms with Crippen molar-refractivity contribution in [2.45, 2.75) is 41.2 Å². The predicted molar refractivity (Wildman–Crippen MR) is 93.4 cm³/mol. The van der Waals surface area contributed by atoms with Crippen molar-refractivity contribution in [3.8, 4) is 16.9 Å². The number of fused-ring (bicyclic) bond motifs is 3. The van der Waals surface area contributed by atoms with Gasteiger partial charge in [0.05, 0.1) is 0 Å². The molecule has 3 rings (SSSR count). The number of pyridine rings is 1. The minimum atomic E-state index is -0.422. The van der Waals surface area contributed by atoms with Gasteiger partial charge < -0.3 is 10.1 Å². The summed E-state index contributed by atoms with van der Waals surface area (Å²) >= 11 is 0. The number of hydrogen-bond acceptors (Lipinski definition) is 3. The lowest BCUT2D eigenvalue weighted by molar-refractivity contribution is -0.123. The smallest absolute Gasteiger partial charge is 0.229 e. The zero-order valence-electron chi connectivity index (χ0n) is 14.4. The van der Waals surface area contributed by atoms with Crippen LogP contribution in [0.1, 0.15) is 40.2 Å². The molecule has 1 aromatic heterocycles. The summed E-state index contributed by atoms with van der Waals surface area (Å²) < 4.78 is 5.77. The van der Waals surface area contributed by atoms with Gasteiger partial charge in [0.2, 0.25) is 5.91 Å². The maximum absolute atomic E-state index is 12.0.